The van der Waals surface area contributed by atoms with Crippen LogP contribution in [0.2, 0.25) is 0 Å². The Labute approximate surface area is 112 Å². The quantitative estimate of drug-likeness (QED) is 0.820. The van der Waals surface area contributed by atoms with Crippen molar-refractivity contribution in [2.75, 3.05) is 12.3 Å². The molecule has 0 saturated carbocycles. The topological polar surface area (TPSA) is 68.0 Å². The first-order valence-electron chi connectivity index (χ1n) is 6.21. The first kappa shape index (κ1) is 13.1. The lowest BCUT2D eigenvalue weighted by Crippen LogP contribution is -2.27. The fourth-order valence-electron chi connectivity index (χ4n) is 1.94. The van der Waals surface area contributed by atoms with Crippen molar-refractivity contribution in [3.8, 4) is 0 Å². The zero-order valence-corrected chi connectivity index (χ0v) is 10.9. The maximum absolute atomic E-state index is 12.1. The molecule has 4 heteroatoms. The molecule has 2 aromatic rings. The van der Waals surface area contributed by atoms with Crippen molar-refractivity contribution in [1.29, 1.82) is 0 Å². The van der Waals surface area contributed by atoms with E-state index in [2.05, 4.69) is 10.3 Å². The second kappa shape index (κ2) is 6.00. The molecule has 1 aromatic carbocycles. The molecule has 1 heterocycles. The molecule has 0 spiro atoms. The van der Waals surface area contributed by atoms with E-state index in [9.17, 15) is 4.79 Å². The van der Waals surface area contributed by atoms with Crippen LogP contribution in [-0.2, 0) is 6.42 Å². The number of pyridine rings is 1. The molecule has 4 nitrogen and oxygen atoms in total. The number of hydrogen-bond acceptors (Lipinski definition) is 3. The summed E-state index contributed by atoms with van der Waals surface area (Å²) in [7, 11) is 0. The Bertz CT molecular complexity index is 547. The first-order chi connectivity index (χ1) is 9.18. The highest BCUT2D eigenvalue weighted by molar-refractivity contribution is 6.00. The maximum atomic E-state index is 12.1. The van der Waals surface area contributed by atoms with Gasteiger partial charge in [-0.05, 0) is 30.7 Å². The van der Waals surface area contributed by atoms with Gasteiger partial charge in [0, 0.05) is 30.5 Å². The van der Waals surface area contributed by atoms with E-state index in [1.807, 2.05) is 37.3 Å². The van der Waals surface area contributed by atoms with Crippen molar-refractivity contribution in [2.24, 2.45) is 0 Å². The van der Waals surface area contributed by atoms with E-state index in [1.54, 1.807) is 12.3 Å². The highest BCUT2D eigenvalue weighted by Crippen LogP contribution is 2.15. The molecular weight excluding hydrogens is 238 g/mol. The summed E-state index contributed by atoms with van der Waals surface area (Å²) in [6.45, 7) is 2.42. The lowest BCUT2D eigenvalue weighted by Gasteiger charge is -2.09. The number of benzene rings is 1. The smallest absolute Gasteiger partial charge is 0.253 e. The van der Waals surface area contributed by atoms with E-state index >= 15 is 0 Å². The third kappa shape index (κ3) is 3.31. The van der Waals surface area contributed by atoms with Gasteiger partial charge in [0.15, 0.2) is 0 Å². The minimum atomic E-state index is -0.133. The van der Waals surface area contributed by atoms with Crippen molar-refractivity contribution in [3.63, 3.8) is 0 Å². The summed E-state index contributed by atoms with van der Waals surface area (Å²) in [6, 6.07) is 11.2. The number of nitrogens with one attached hydrogen (secondary N) is 1. The second-order valence-corrected chi connectivity index (χ2v) is 4.37. The number of carbonyl (C=O) groups is 1. The third-order valence-electron chi connectivity index (χ3n) is 2.92. The fourth-order valence-corrected chi connectivity index (χ4v) is 1.94. The molecule has 0 aliphatic heterocycles. The van der Waals surface area contributed by atoms with Crippen LogP contribution in [-0.4, -0.2) is 17.4 Å². The minimum absolute atomic E-state index is 0.133. The average molecular weight is 255 g/mol. The van der Waals surface area contributed by atoms with Crippen LogP contribution < -0.4 is 11.1 Å². The molecule has 0 radical (unpaired) electrons. The molecule has 19 heavy (non-hydrogen) atoms. The molecule has 0 aliphatic rings. The summed E-state index contributed by atoms with van der Waals surface area (Å²) in [5, 5.41) is 2.87. The van der Waals surface area contributed by atoms with Gasteiger partial charge in [-0.1, -0.05) is 18.2 Å². The molecule has 0 unspecified atom stereocenters. The summed E-state index contributed by atoms with van der Waals surface area (Å²) in [6.07, 6.45) is 2.45. The zero-order valence-electron chi connectivity index (χ0n) is 10.9. The number of hydrogen-bond donors (Lipinski definition) is 2. The van der Waals surface area contributed by atoms with Crippen molar-refractivity contribution in [2.45, 2.75) is 13.3 Å². The van der Waals surface area contributed by atoms with Crippen LogP contribution in [0.1, 0.15) is 21.6 Å². The molecule has 3 N–H and O–H groups in total. The largest absolute Gasteiger partial charge is 0.398 e. The van der Waals surface area contributed by atoms with Gasteiger partial charge in [0.05, 0.1) is 5.56 Å². The Morgan fingerprint density at radius 1 is 1.26 bits per heavy atom. The minimum Gasteiger partial charge on any atom is -0.398 e. The Kier molecular flexibility index (Phi) is 4.13. The Morgan fingerprint density at radius 2 is 2.11 bits per heavy atom. The molecule has 0 saturated heterocycles. The highest BCUT2D eigenvalue weighted by Gasteiger charge is 2.11. The number of aromatic nitrogens is 1. The number of amides is 1. The van der Waals surface area contributed by atoms with Gasteiger partial charge in [-0.15, -0.1) is 0 Å². The normalized spacial score (nSPS) is 10.2. The van der Waals surface area contributed by atoms with Crippen LogP contribution in [0, 0.1) is 6.92 Å². The van der Waals surface area contributed by atoms with E-state index < -0.39 is 0 Å². The molecule has 1 amide bonds. The number of nitrogens with two attached hydrogens (primary N) is 1. The van der Waals surface area contributed by atoms with E-state index in [0.717, 1.165) is 11.3 Å². The van der Waals surface area contributed by atoms with Crippen molar-refractivity contribution in [3.05, 3.63) is 59.4 Å². The maximum Gasteiger partial charge on any atom is 0.253 e. The number of anilines is 1. The molecule has 2 rings (SSSR count). The van der Waals surface area contributed by atoms with Crippen molar-refractivity contribution < 1.29 is 4.79 Å². The van der Waals surface area contributed by atoms with Gasteiger partial charge in [0.2, 0.25) is 0 Å². The lowest BCUT2D eigenvalue weighted by atomic mass is 10.1. The molecule has 98 valence electrons. The fraction of sp³-hybridized carbons (Fsp3) is 0.200. The number of aryl methyl sites for hydroxylation is 1. The molecule has 0 aliphatic carbocycles. The van der Waals surface area contributed by atoms with E-state index in [-0.39, 0.29) is 5.91 Å². The van der Waals surface area contributed by atoms with Crippen LogP contribution in [0.4, 0.5) is 5.69 Å². The predicted molar refractivity (Wildman–Crippen MR) is 75.9 cm³/mol. The van der Waals surface area contributed by atoms with Gasteiger partial charge in [-0.3, -0.25) is 9.78 Å². The summed E-state index contributed by atoms with van der Waals surface area (Å²) in [5.41, 5.74) is 8.74. The molecule has 0 fully saturated rings. The van der Waals surface area contributed by atoms with Gasteiger partial charge in [-0.25, -0.2) is 0 Å². The lowest BCUT2D eigenvalue weighted by molar-refractivity contribution is 0.0954. The molecule has 0 atom stereocenters. The molecular formula is C15H17N3O. The number of nitrogens with zero attached hydrogens (tertiary/aromatic N) is 1. The van der Waals surface area contributed by atoms with Gasteiger partial charge < -0.3 is 11.1 Å². The van der Waals surface area contributed by atoms with Crippen LogP contribution in [0.15, 0.2) is 42.6 Å². The second-order valence-electron chi connectivity index (χ2n) is 4.37. The van der Waals surface area contributed by atoms with Gasteiger partial charge in [0.25, 0.3) is 5.91 Å². The van der Waals surface area contributed by atoms with Gasteiger partial charge in [0.1, 0.15) is 0 Å². The third-order valence-corrected chi connectivity index (χ3v) is 2.92. The van der Waals surface area contributed by atoms with Crippen LogP contribution in [0.5, 0.6) is 0 Å². The Balaban J connectivity index is 1.95. The highest BCUT2D eigenvalue weighted by atomic mass is 16.1. The monoisotopic (exact) mass is 255 g/mol. The van der Waals surface area contributed by atoms with Gasteiger partial charge in [-0.2, -0.15) is 0 Å². The predicted octanol–water partition coefficient (Wildman–Crippen LogP) is 1.94. The Morgan fingerprint density at radius 3 is 2.79 bits per heavy atom. The average Bonchev–Trinajstić information content (AvgIpc) is 2.40. The van der Waals surface area contributed by atoms with Crippen LogP contribution in [0.3, 0.4) is 0 Å². The van der Waals surface area contributed by atoms with E-state index in [0.29, 0.717) is 24.2 Å². The number of nitrogen functional groups attached to an aromatic ring is 1. The van der Waals surface area contributed by atoms with E-state index in [1.165, 1.54) is 0 Å². The van der Waals surface area contributed by atoms with E-state index in [4.69, 9.17) is 5.73 Å². The first-order valence-corrected chi connectivity index (χ1v) is 6.21. The molecule has 0 bridgehead atoms. The summed E-state index contributed by atoms with van der Waals surface area (Å²) < 4.78 is 0. The standard InChI is InChI=1S/C15H17N3O/c1-11-5-4-7-13(16)14(11)15(19)18-10-8-12-6-2-3-9-17-12/h2-7,9H,8,10,16H2,1H3,(H,18,19). The van der Waals surface area contributed by atoms with Crippen LogP contribution in [0.25, 0.3) is 0 Å². The summed E-state index contributed by atoms with van der Waals surface area (Å²) in [5.74, 6) is -0.133. The SMILES string of the molecule is Cc1cccc(N)c1C(=O)NCCc1ccccn1. The van der Waals surface area contributed by atoms with Crippen molar-refractivity contribution in [1.82, 2.24) is 10.3 Å². The summed E-state index contributed by atoms with van der Waals surface area (Å²) in [4.78, 5) is 16.3. The van der Waals surface area contributed by atoms with Gasteiger partial charge >= 0.3 is 0 Å². The number of carbonyl (C=O) groups excluding carboxylic acids is 1. The Hall–Kier alpha value is -2.36. The summed E-state index contributed by atoms with van der Waals surface area (Å²) >= 11 is 0. The molecule has 1 aromatic heterocycles. The van der Waals surface area contributed by atoms with Crippen LogP contribution >= 0.6 is 0 Å². The zero-order chi connectivity index (χ0) is 13.7. The van der Waals surface area contributed by atoms with Crippen molar-refractivity contribution >= 4 is 11.6 Å². The number of rotatable bonds is 4.